The first-order valence-electron chi connectivity index (χ1n) is 4.52. The number of hydrogen-bond acceptors (Lipinski definition) is 3. The first-order valence-corrected chi connectivity index (χ1v) is 4.52. The zero-order chi connectivity index (χ0) is 9.68. The highest BCUT2D eigenvalue weighted by Crippen LogP contribution is 2.07. The van der Waals surface area contributed by atoms with Crippen molar-refractivity contribution in [2.45, 2.75) is 20.5 Å². The van der Waals surface area contributed by atoms with Crippen LogP contribution in [0.1, 0.15) is 19.4 Å². The van der Waals surface area contributed by atoms with E-state index in [1.807, 2.05) is 6.07 Å². The predicted molar refractivity (Wildman–Crippen MR) is 53.5 cm³/mol. The van der Waals surface area contributed by atoms with Crippen LogP contribution in [0.3, 0.4) is 0 Å². The molecule has 72 valence electrons. The van der Waals surface area contributed by atoms with E-state index in [0.29, 0.717) is 5.92 Å². The second-order valence-electron chi connectivity index (χ2n) is 3.48. The van der Waals surface area contributed by atoms with E-state index in [0.717, 1.165) is 17.9 Å². The summed E-state index contributed by atoms with van der Waals surface area (Å²) in [5.74, 6) is 1.43. The minimum atomic E-state index is 0.0683. The summed E-state index contributed by atoms with van der Waals surface area (Å²) in [6.07, 6.45) is 1.70. The van der Waals surface area contributed by atoms with Crippen molar-refractivity contribution in [2.24, 2.45) is 5.92 Å². The summed E-state index contributed by atoms with van der Waals surface area (Å²) in [5.41, 5.74) is 0.890. The molecule has 3 heteroatoms. The number of nitrogens with one attached hydrogen (secondary N) is 1. The van der Waals surface area contributed by atoms with Crippen LogP contribution in [0.5, 0.6) is 0 Å². The van der Waals surface area contributed by atoms with Crippen LogP contribution in [0.15, 0.2) is 18.3 Å². The van der Waals surface area contributed by atoms with Gasteiger partial charge in [0.1, 0.15) is 5.82 Å². The molecule has 0 bridgehead atoms. The first kappa shape index (κ1) is 9.99. The minimum Gasteiger partial charge on any atom is -0.392 e. The van der Waals surface area contributed by atoms with Crippen molar-refractivity contribution in [3.05, 3.63) is 23.9 Å². The van der Waals surface area contributed by atoms with Crippen molar-refractivity contribution >= 4 is 5.82 Å². The molecular formula is C10H16N2O. The molecule has 0 spiro atoms. The lowest BCUT2D eigenvalue weighted by Crippen LogP contribution is -2.09. The second-order valence-corrected chi connectivity index (χ2v) is 3.48. The average Bonchev–Trinajstić information content (AvgIpc) is 2.15. The molecular weight excluding hydrogens is 164 g/mol. The van der Waals surface area contributed by atoms with Crippen molar-refractivity contribution in [1.82, 2.24) is 4.98 Å². The number of aliphatic hydroxyl groups is 1. The molecule has 1 aromatic rings. The molecule has 0 aromatic carbocycles. The van der Waals surface area contributed by atoms with Gasteiger partial charge in [-0.1, -0.05) is 13.8 Å². The Labute approximate surface area is 78.8 Å². The van der Waals surface area contributed by atoms with E-state index in [4.69, 9.17) is 5.11 Å². The number of nitrogens with zero attached hydrogens (tertiary/aromatic N) is 1. The van der Waals surface area contributed by atoms with Crippen molar-refractivity contribution in [2.75, 3.05) is 11.9 Å². The van der Waals surface area contributed by atoms with Crippen LogP contribution in [-0.4, -0.2) is 16.6 Å². The molecule has 0 amide bonds. The van der Waals surface area contributed by atoms with Gasteiger partial charge in [0, 0.05) is 12.7 Å². The highest BCUT2D eigenvalue weighted by Gasteiger charge is 1.97. The Bertz CT molecular complexity index is 261. The highest BCUT2D eigenvalue weighted by atomic mass is 16.3. The maximum absolute atomic E-state index is 8.88. The highest BCUT2D eigenvalue weighted by molar-refractivity contribution is 5.37. The molecule has 0 radical (unpaired) electrons. The fraction of sp³-hybridized carbons (Fsp3) is 0.500. The minimum absolute atomic E-state index is 0.0683. The molecule has 0 fully saturated rings. The van der Waals surface area contributed by atoms with E-state index in [-0.39, 0.29) is 6.61 Å². The lowest BCUT2D eigenvalue weighted by atomic mass is 10.2. The van der Waals surface area contributed by atoms with Gasteiger partial charge in [-0.15, -0.1) is 0 Å². The number of anilines is 1. The fourth-order valence-electron chi connectivity index (χ4n) is 0.978. The zero-order valence-electron chi connectivity index (χ0n) is 8.12. The average molecular weight is 180 g/mol. The smallest absolute Gasteiger partial charge is 0.126 e. The molecule has 13 heavy (non-hydrogen) atoms. The molecule has 1 rings (SSSR count). The van der Waals surface area contributed by atoms with Gasteiger partial charge in [-0.25, -0.2) is 4.98 Å². The van der Waals surface area contributed by atoms with Gasteiger partial charge < -0.3 is 10.4 Å². The number of aromatic nitrogens is 1. The Kier molecular flexibility index (Phi) is 3.71. The Balaban J connectivity index is 2.56. The van der Waals surface area contributed by atoms with Crippen molar-refractivity contribution in [1.29, 1.82) is 0 Å². The number of hydrogen-bond donors (Lipinski definition) is 2. The third-order valence-electron chi connectivity index (χ3n) is 1.70. The standard InChI is InChI=1S/C10H16N2O/c1-8(2)6-12-10-5-9(7-13)3-4-11-10/h3-5,8,13H,6-7H2,1-2H3,(H,11,12). The maximum Gasteiger partial charge on any atom is 0.126 e. The van der Waals surface area contributed by atoms with E-state index >= 15 is 0 Å². The molecule has 0 saturated carbocycles. The van der Waals surface area contributed by atoms with Gasteiger partial charge in [-0.2, -0.15) is 0 Å². The SMILES string of the molecule is CC(C)CNc1cc(CO)ccn1. The molecule has 0 aliphatic heterocycles. The lowest BCUT2D eigenvalue weighted by molar-refractivity contribution is 0.282. The van der Waals surface area contributed by atoms with Crippen molar-refractivity contribution in [3.8, 4) is 0 Å². The Morgan fingerprint density at radius 3 is 2.92 bits per heavy atom. The van der Waals surface area contributed by atoms with Crippen molar-refractivity contribution in [3.63, 3.8) is 0 Å². The topological polar surface area (TPSA) is 45.1 Å². The maximum atomic E-state index is 8.88. The summed E-state index contributed by atoms with van der Waals surface area (Å²) in [5, 5.41) is 12.1. The van der Waals surface area contributed by atoms with Gasteiger partial charge in [-0.05, 0) is 23.6 Å². The van der Waals surface area contributed by atoms with Gasteiger partial charge in [0.15, 0.2) is 0 Å². The van der Waals surface area contributed by atoms with Crippen LogP contribution in [0, 0.1) is 5.92 Å². The largest absolute Gasteiger partial charge is 0.392 e. The summed E-state index contributed by atoms with van der Waals surface area (Å²) in [4.78, 5) is 4.14. The zero-order valence-corrected chi connectivity index (χ0v) is 8.12. The summed E-state index contributed by atoms with van der Waals surface area (Å²) >= 11 is 0. The Hall–Kier alpha value is -1.09. The molecule has 3 nitrogen and oxygen atoms in total. The van der Waals surface area contributed by atoms with Crippen molar-refractivity contribution < 1.29 is 5.11 Å². The normalized spacial score (nSPS) is 10.5. The van der Waals surface area contributed by atoms with Gasteiger partial charge in [0.05, 0.1) is 6.61 Å². The summed E-state index contributed by atoms with van der Waals surface area (Å²) in [7, 11) is 0. The third kappa shape index (κ3) is 3.42. The van der Waals surface area contributed by atoms with Crippen LogP contribution in [0.4, 0.5) is 5.82 Å². The summed E-state index contributed by atoms with van der Waals surface area (Å²) in [6, 6.07) is 3.67. The first-order chi connectivity index (χ1) is 6.22. The van der Waals surface area contributed by atoms with E-state index in [1.54, 1.807) is 12.3 Å². The van der Waals surface area contributed by atoms with E-state index in [9.17, 15) is 0 Å². The third-order valence-corrected chi connectivity index (χ3v) is 1.70. The van der Waals surface area contributed by atoms with E-state index < -0.39 is 0 Å². The molecule has 0 aliphatic rings. The molecule has 1 aromatic heterocycles. The Morgan fingerprint density at radius 1 is 1.54 bits per heavy atom. The van der Waals surface area contributed by atoms with E-state index in [2.05, 4.69) is 24.1 Å². The molecule has 1 heterocycles. The molecule has 0 unspecified atom stereocenters. The van der Waals surface area contributed by atoms with Crippen LogP contribution < -0.4 is 5.32 Å². The fourth-order valence-corrected chi connectivity index (χ4v) is 0.978. The number of rotatable bonds is 4. The van der Waals surface area contributed by atoms with Gasteiger partial charge >= 0.3 is 0 Å². The van der Waals surface area contributed by atoms with Crippen LogP contribution >= 0.6 is 0 Å². The van der Waals surface area contributed by atoms with E-state index in [1.165, 1.54) is 0 Å². The predicted octanol–water partition coefficient (Wildman–Crippen LogP) is 1.64. The number of aliphatic hydroxyl groups excluding tert-OH is 1. The van der Waals surface area contributed by atoms with Gasteiger partial charge in [0.2, 0.25) is 0 Å². The number of pyridine rings is 1. The molecule has 0 saturated heterocycles. The summed E-state index contributed by atoms with van der Waals surface area (Å²) < 4.78 is 0. The second kappa shape index (κ2) is 4.82. The molecule has 0 aliphatic carbocycles. The lowest BCUT2D eigenvalue weighted by Gasteiger charge is -2.08. The van der Waals surface area contributed by atoms with Gasteiger partial charge in [-0.3, -0.25) is 0 Å². The monoisotopic (exact) mass is 180 g/mol. The molecule has 2 N–H and O–H groups in total. The van der Waals surface area contributed by atoms with Crippen LogP contribution in [0.25, 0.3) is 0 Å². The molecule has 0 atom stereocenters. The van der Waals surface area contributed by atoms with Crippen LogP contribution in [-0.2, 0) is 6.61 Å². The van der Waals surface area contributed by atoms with Crippen LogP contribution in [0.2, 0.25) is 0 Å². The summed E-state index contributed by atoms with van der Waals surface area (Å²) in [6.45, 7) is 5.26. The Morgan fingerprint density at radius 2 is 2.31 bits per heavy atom. The van der Waals surface area contributed by atoms with Gasteiger partial charge in [0.25, 0.3) is 0 Å². The quantitative estimate of drug-likeness (QED) is 0.740.